The second-order valence-electron chi connectivity index (χ2n) is 6.04. The van der Waals surface area contributed by atoms with E-state index in [1.807, 2.05) is 6.20 Å². The summed E-state index contributed by atoms with van der Waals surface area (Å²) in [6, 6.07) is 9.49. The molecule has 0 bridgehead atoms. The number of rotatable bonds is 8. The first-order chi connectivity index (χ1) is 10.3. The maximum absolute atomic E-state index is 5.81. The van der Waals surface area contributed by atoms with Crippen LogP contribution in [0.15, 0.2) is 34.9 Å². The zero-order chi connectivity index (χ0) is 14.5. The van der Waals surface area contributed by atoms with Crippen LogP contribution in [-0.4, -0.2) is 17.6 Å². The molecule has 0 radical (unpaired) electrons. The molecule has 1 saturated carbocycles. The van der Waals surface area contributed by atoms with Gasteiger partial charge in [-0.25, -0.2) is 4.98 Å². The van der Waals surface area contributed by atoms with Crippen LogP contribution in [0.2, 0.25) is 0 Å². The van der Waals surface area contributed by atoms with Crippen molar-refractivity contribution in [2.24, 2.45) is 0 Å². The minimum absolute atomic E-state index is 0.791. The number of aryl methyl sites for hydroxylation is 4. The van der Waals surface area contributed by atoms with Crippen LogP contribution in [0.4, 0.5) is 0 Å². The van der Waals surface area contributed by atoms with Crippen LogP contribution in [0, 0.1) is 6.92 Å². The number of hydrogen-bond acceptors (Lipinski definition) is 3. The number of benzene rings is 1. The standard InChI is InChI=1S/C18H24N2O/c1-14-4-6-15(7-5-14)8-11-17-13-20-18(21-17)3-2-12-19-16-9-10-16/h4-7,13,16,19H,2-3,8-12H2,1H3. The van der Waals surface area contributed by atoms with E-state index < -0.39 is 0 Å². The molecule has 3 heteroatoms. The molecule has 21 heavy (non-hydrogen) atoms. The van der Waals surface area contributed by atoms with E-state index in [1.54, 1.807) is 0 Å². The molecule has 0 atom stereocenters. The van der Waals surface area contributed by atoms with Gasteiger partial charge in [-0.15, -0.1) is 0 Å². The summed E-state index contributed by atoms with van der Waals surface area (Å²) in [6.45, 7) is 3.19. The molecular formula is C18H24N2O. The van der Waals surface area contributed by atoms with Crippen molar-refractivity contribution in [1.82, 2.24) is 10.3 Å². The van der Waals surface area contributed by atoms with Crippen LogP contribution in [0.1, 0.15) is 42.0 Å². The Balaban J connectivity index is 1.40. The topological polar surface area (TPSA) is 38.1 Å². The van der Waals surface area contributed by atoms with Gasteiger partial charge in [-0.2, -0.15) is 0 Å². The van der Waals surface area contributed by atoms with Crippen LogP contribution in [-0.2, 0) is 19.3 Å². The van der Waals surface area contributed by atoms with Crippen molar-refractivity contribution in [3.63, 3.8) is 0 Å². The fourth-order valence-electron chi connectivity index (χ4n) is 2.43. The van der Waals surface area contributed by atoms with Gasteiger partial charge in [-0.3, -0.25) is 0 Å². The highest BCUT2D eigenvalue weighted by atomic mass is 16.4. The summed E-state index contributed by atoms with van der Waals surface area (Å²) >= 11 is 0. The molecule has 0 unspecified atom stereocenters. The Morgan fingerprint density at radius 3 is 2.71 bits per heavy atom. The minimum Gasteiger partial charge on any atom is -0.446 e. The van der Waals surface area contributed by atoms with Crippen molar-refractivity contribution in [3.05, 3.63) is 53.2 Å². The smallest absolute Gasteiger partial charge is 0.194 e. The highest BCUT2D eigenvalue weighted by Gasteiger charge is 2.19. The van der Waals surface area contributed by atoms with Gasteiger partial charge in [-0.05, 0) is 44.7 Å². The molecule has 1 fully saturated rings. The monoisotopic (exact) mass is 284 g/mol. The summed E-state index contributed by atoms with van der Waals surface area (Å²) in [5.41, 5.74) is 2.66. The van der Waals surface area contributed by atoms with Gasteiger partial charge in [0.05, 0.1) is 6.20 Å². The van der Waals surface area contributed by atoms with Gasteiger partial charge in [0.25, 0.3) is 0 Å². The fraction of sp³-hybridized carbons (Fsp3) is 0.500. The molecule has 1 N–H and O–H groups in total. The first kappa shape index (κ1) is 14.3. The lowest BCUT2D eigenvalue weighted by molar-refractivity contribution is 0.445. The molecule has 3 rings (SSSR count). The lowest BCUT2D eigenvalue weighted by atomic mass is 10.1. The normalized spacial score (nSPS) is 14.5. The van der Waals surface area contributed by atoms with Crippen molar-refractivity contribution < 1.29 is 4.42 Å². The number of hydrogen-bond donors (Lipinski definition) is 1. The predicted octanol–water partition coefficient (Wildman–Crippen LogP) is 3.45. The van der Waals surface area contributed by atoms with E-state index in [0.29, 0.717) is 0 Å². The number of oxazole rings is 1. The molecule has 0 spiro atoms. The van der Waals surface area contributed by atoms with Crippen molar-refractivity contribution in [1.29, 1.82) is 0 Å². The molecule has 1 heterocycles. The van der Waals surface area contributed by atoms with E-state index in [-0.39, 0.29) is 0 Å². The Bertz CT molecular complexity index is 555. The average Bonchev–Trinajstić information content (AvgIpc) is 3.21. The fourth-order valence-corrected chi connectivity index (χ4v) is 2.43. The van der Waals surface area contributed by atoms with Gasteiger partial charge in [0.15, 0.2) is 5.89 Å². The van der Waals surface area contributed by atoms with Crippen molar-refractivity contribution in [2.75, 3.05) is 6.54 Å². The Hall–Kier alpha value is -1.61. The van der Waals surface area contributed by atoms with Gasteiger partial charge >= 0.3 is 0 Å². The van der Waals surface area contributed by atoms with E-state index >= 15 is 0 Å². The lowest BCUT2D eigenvalue weighted by Crippen LogP contribution is -2.17. The first-order valence-electron chi connectivity index (χ1n) is 8.02. The molecule has 112 valence electrons. The molecule has 0 amide bonds. The number of nitrogens with one attached hydrogen (secondary N) is 1. The van der Waals surface area contributed by atoms with Gasteiger partial charge in [-0.1, -0.05) is 29.8 Å². The molecule has 0 aliphatic heterocycles. The van der Waals surface area contributed by atoms with E-state index in [1.165, 1.54) is 24.0 Å². The van der Waals surface area contributed by atoms with Gasteiger partial charge in [0.2, 0.25) is 0 Å². The summed E-state index contributed by atoms with van der Waals surface area (Å²) in [5.74, 6) is 1.88. The summed E-state index contributed by atoms with van der Waals surface area (Å²) in [6.07, 6.45) is 8.56. The summed E-state index contributed by atoms with van der Waals surface area (Å²) < 4.78 is 5.81. The lowest BCUT2D eigenvalue weighted by Gasteiger charge is -2.01. The molecule has 1 aromatic heterocycles. The molecule has 1 aromatic carbocycles. The third-order valence-corrected chi connectivity index (χ3v) is 3.96. The number of aromatic nitrogens is 1. The average molecular weight is 284 g/mol. The Kier molecular flexibility index (Phi) is 4.71. The molecule has 1 aliphatic rings. The van der Waals surface area contributed by atoms with E-state index in [9.17, 15) is 0 Å². The highest BCUT2D eigenvalue weighted by Crippen LogP contribution is 2.18. The SMILES string of the molecule is Cc1ccc(CCc2cnc(CCCNC3CC3)o2)cc1. The summed E-state index contributed by atoms with van der Waals surface area (Å²) in [7, 11) is 0. The van der Waals surface area contributed by atoms with Crippen LogP contribution >= 0.6 is 0 Å². The zero-order valence-corrected chi connectivity index (χ0v) is 12.8. The quantitative estimate of drug-likeness (QED) is 0.754. The summed E-state index contributed by atoms with van der Waals surface area (Å²) in [5, 5.41) is 3.52. The van der Waals surface area contributed by atoms with E-state index in [2.05, 4.69) is 41.5 Å². The molecule has 3 nitrogen and oxygen atoms in total. The third-order valence-electron chi connectivity index (χ3n) is 3.96. The maximum Gasteiger partial charge on any atom is 0.194 e. The Labute approximate surface area is 126 Å². The van der Waals surface area contributed by atoms with Gasteiger partial charge in [0, 0.05) is 18.9 Å². The largest absolute Gasteiger partial charge is 0.446 e. The van der Waals surface area contributed by atoms with Gasteiger partial charge < -0.3 is 9.73 Å². The maximum atomic E-state index is 5.81. The first-order valence-corrected chi connectivity index (χ1v) is 8.02. The number of nitrogens with zero attached hydrogens (tertiary/aromatic N) is 1. The van der Waals surface area contributed by atoms with E-state index in [4.69, 9.17) is 4.42 Å². The van der Waals surface area contributed by atoms with Crippen molar-refractivity contribution in [3.8, 4) is 0 Å². The highest BCUT2D eigenvalue weighted by molar-refractivity contribution is 5.21. The van der Waals surface area contributed by atoms with Crippen LogP contribution in [0.25, 0.3) is 0 Å². The minimum atomic E-state index is 0.791. The predicted molar refractivity (Wildman–Crippen MR) is 84.4 cm³/mol. The Morgan fingerprint density at radius 2 is 1.95 bits per heavy atom. The summed E-state index contributed by atoms with van der Waals surface area (Å²) in [4.78, 5) is 4.38. The molecule has 1 aliphatic carbocycles. The van der Waals surface area contributed by atoms with Crippen LogP contribution < -0.4 is 5.32 Å². The second kappa shape index (κ2) is 6.90. The van der Waals surface area contributed by atoms with E-state index in [0.717, 1.165) is 49.9 Å². The molecule has 2 aromatic rings. The molecule has 0 saturated heterocycles. The van der Waals surface area contributed by atoms with Crippen molar-refractivity contribution >= 4 is 0 Å². The third kappa shape index (κ3) is 4.71. The second-order valence-corrected chi connectivity index (χ2v) is 6.04. The van der Waals surface area contributed by atoms with Crippen molar-refractivity contribution in [2.45, 2.75) is 51.5 Å². The van der Waals surface area contributed by atoms with Gasteiger partial charge in [0.1, 0.15) is 5.76 Å². The van der Waals surface area contributed by atoms with Crippen LogP contribution in [0.5, 0.6) is 0 Å². The molecular weight excluding hydrogens is 260 g/mol. The Morgan fingerprint density at radius 1 is 1.14 bits per heavy atom. The zero-order valence-electron chi connectivity index (χ0n) is 12.8. The van der Waals surface area contributed by atoms with Crippen LogP contribution in [0.3, 0.4) is 0 Å².